The Balaban J connectivity index is 1.41. The van der Waals surface area contributed by atoms with Crippen molar-refractivity contribution in [1.29, 1.82) is 0 Å². The van der Waals surface area contributed by atoms with E-state index >= 15 is 0 Å². The molecule has 0 amide bonds. The molecule has 4 nitrogen and oxygen atoms in total. The van der Waals surface area contributed by atoms with Crippen molar-refractivity contribution in [3.05, 3.63) is 89.1 Å². The molecule has 2 heterocycles. The zero-order chi connectivity index (χ0) is 21.0. The molecule has 30 heavy (non-hydrogen) atoms. The lowest BCUT2D eigenvalue weighted by molar-refractivity contribution is 0.122. The van der Waals surface area contributed by atoms with Gasteiger partial charge in [-0.1, -0.05) is 61.9 Å². The fourth-order valence-corrected chi connectivity index (χ4v) is 3.78. The van der Waals surface area contributed by atoms with Gasteiger partial charge in [-0.3, -0.25) is 0 Å². The van der Waals surface area contributed by atoms with Crippen LogP contribution in [-0.2, 0) is 16.8 Å². The first-order chi connectivity index (χ1) is 14.5. The molecule has 1 aromatic heterocycles. The van der Waals surface area contributed by atoms with Crippen LogP contribution in [0.1, 0.15) is 36.2 Å². The minimum Gasteiger partial charge on any atom is -0.487 e. The molecule has 4 heteroatoms. The Morgan fingerprint density at radius 2 is 1.53 bits per heavy atom. The van der Waals surface area contributed by atoms with Crippen molar-refractivity contribution in [3.8, 4) is 5.75 Å². The number of rotatable bonds is 6. The van der Waals surface area contributed by atoms with Gasteiger partial charge in [0.1, 0.15) is 18.2 Å². The van der Waals surface area contributed by atoms with E-state index in [1.54, 1.807) is 0 Å². The third kappa shape index (κ3) is 4.65. The summed E-state index contributed by atoms with van der Waals surface area (Å²) in [6.45, 7) is 10.4. The minimum atomic E-state index is -0.0553. The SMILES string of the molecule is Cc1ccc(C(C)(C)c2ccc(OCc3cccc(N4CCOCC4)n3)cc2)cc1. The second-order valence-electron chi connectivity index (χ2n) is 8.39. The molecule has 0 spiro atoms. The van der Waals surface area contributed by atoms with Crippen LogP contribution in [0.2, 0.25) is 0 Å². The van der Waals surface area contributed by atoms with E-state index in [2.05, 4.69) is 80.3 Å². The fourth-order valence-electron chi connectivity index (χ4n) is 3.78. The zero-order valence-electron chi connectivity index (χ0n) is 18.1. The molecule has 156 valence electrons. The van der Waals surface area contributed by atoms with E-state index in [4.69, 9.17) is 14.5 Å². The molecule has 1 fully saturated rings. The summed E-state index contributed by atoms with van der Waals surface area (Å²) in [5, 5.41) is 0. The maximum atomic E-state index is 6.02. The van der Waals surface area contributed by atoms with Crippen molar-refractivity contribution in [3.63, 3.8) is 0 Å². The number of nitrogens with zero attached hydrogens (tertiary/aromatic N) is 2. The van der Waals surface area contributed by atoms with Crippen LogP contribution in [-0.4, -0.2) is 31.3 Å². The van der Waals surface area contributed by atoms with Crippen molar-refractivity contribution in [2.75, 3.05) is 31.2 Å². The summed E-state index contributed by atoms with van der Waals surface area (Å²) in [6, 6.07) is 23.3. The molecule has 0 radical (unpaired) electrons. The van der Waals surface area contributed by atoms with E-state index < -0.39 is 0 Å². The zero-order valence-corrected chi connectivity index (χ0v) is 18.1. The van der Waals surface area contributed by atoms with Crippen LogP contribution in [0.4, 0.5) is 5.82 Å². The lowest BCUT2D eigenvalue weighted by Gasteiger charge is -2.28. The third-order valence-electron chi connectivity index (χ3n) is 5.86. The normalized spacial score (nSPS) is 14.6. The van der Waals surface area contributed by atoms with Gasteiger partial charge in [-0.05, 0) is 42.3 Å². The van der Waals surface area contributed by atoms with Crippen LogP contribution in [0.25, 0.3) is 0 Å². The highest BCUT2D eigenvalue weighted by atomic mass is 16.5. The Labute approximate surface area is 179 Å². The van der Waals surface area contributed by atoms with E-state index in [0.29, 0.717) is 6.61 Å². The first kappa shape index (κ1) is 20.4. The molecule has 4 rings (SSSR count). The Hall–Kier alpha value is -2.85. The molecule has 0 bridgehead atoms. The van der Waals surface area contributed by atoms with Crippen molar-refractivity contribution in [2.45, 2.75) is 32.8 Å². The summed E-state index contributed by atoms with van der Waals surface area (Å²) in [6.07, 6.45) is 0. The largest absolute Gasteiger partial charge is 0.487 e. The molecule has 1 saturated heterocycles. The molecule has 3 aromatic rings. The molecule has 0 N–H and O–H groups in total. The summed E-state index contributed by atoms with van der Waals surface area (Å²) >= 11 is 0. The van der Waals surface area contributed by atoms with Gasteiger partial charge in [-0.2, -0.15) is 0 Å². The first-order valence-corrected chi connectivity index (χ1v) is 10.6. The summed E-state index contributed by atoms with van der Waals surface area (Å²) in [7, 11) is 0. The molecule has 1 aliphatic heterocycles. The second-order valence-corrected chi connectivity index (χ2v) is 8.39. The number of aryl methyl sites for hydroxylation is 1. The van der Waals surface area contributed by atoms with Gasteiger partial charge in [0.25, 0.3) is 0 Å². The van der Waals surface area contributed by atoms with Gasteiger partial charge in [0.2, 0.25) is 0 Å². The number of hydrogen-bond donors (Lipinski definition) is 0. The summed E-state index contributed by atoms with van der Waals surface area (Å²) < 4.78 is 11.4. The van der Waals surface area contributed by atoms with E-state index in [9.17, 15) is 0 Å². The summed E-state index contributed by atoms with van der Waals surface area (Å²) in [5.41, 5.74) is 4.74. The Morgan fingerprint density at radius 3 is 2.20 bits per heavy atom. The van der Waals surface area contributed by atoms with E-state index in [0.717, 1.165) is 43.6 Å². The van der Waals surface area contributed by atoms with Crippen LogP contribution in [0.15, 0.2) is 66.7 Å². The standard InChI is InChI=1S/C26H30N2O2/c1-20-7-9-21(10-8-20)26(2,3)22-11-13-24(14-12-22)30-19-23-5-4-6-25(27-23)28-15-17-29-18-16-28/h4-14H,15-19H2,1-3H3. The number of aromatic nitrogens is 1. The average molecular weight is 403 g/mol. The van der Waals surface area contributed by atoms with Crippen LogP contribution in [0.3, 0.4) is 0 Å². The van der Waals surface area contributed by atoms with Gasteiger partial charge >= 0.3 is 0 Å². The maximum Gasteiger partial charge on any atom is 0.130 e. The van der Waals surface area contributed by atoms with Crippen LogP contribution >= 0.6 is 0 Å². The monoisotopic (exact) mass is 402 g/mol. The van der Waals surface area contributed by atoms with E-state index in [1.807, 2.05) is 12.1 Å². The van der Waals surface area contributed by atoms with Gasteiger partial charge in [-0.15, -0.1) is 0 Å². The highest BCUT2D eigenvalue weighted by Gasteiger charge is 2.22. The minimum absolute atomic E-state index is 0.0553. The predicted molar refractivity (Wildman–Crippen MR) is 121 cm³/mol. The molecule has 0 aliphatic carbocycles. The van der Waals surface area contributed by atoms with Gasteiger partial charge in [0.05, 0.1) is 18.9 Å². The second kappa shape index (κ2) is 8.88. The van der Waals surface area contributed by atoms with Crippen molar-refractivity contribution < 1.29 is 9.47 Å². The molecular formula is C26H30N2O2. The molecule has 0 saturated carbocycles. The van der Waals surface area contributed by atoms with Crippen LogP contribution in [0, 0.1) is 6.92 Å². The number of morpholine rings is 1. The van der Waals surface area contributed by atoms with E-state index in [-0.39, 0.29) is 5.41 Å². The number of benzene rings is 2. The number of anilines is 1. The van der Waals surface area contributed by atoms with Crippen molar-refractivity contribution >= 4 is 5.82 Å². The third-order valence-corrected chi connectivity index (χ3v) is 5.86. The van der Waals surface area contributed by atoms with Gasteiger partial charge in [0, 0.05) is 18.5 Å². The van der Waals surface area contributed by atoms with Gasteiger partial charge in [0.15, 0.2) is 0 Å². The van der Waals surface area contributed by atoms with Crippen molar-refractivity contribution in [2.24, 2.45) is 0 Å². The quantitative estimate of drug-likeness (QED) is 0.572. The number of ether oxygens (including phenoxy) is 2. The lowest BCUT2D eigenvalue weighted by atomic mass is 9.78. The van der Waals surface area contributed by atoms with E-state index in [1.165, 1.54) is 16.7 Å². The predicted octanol–water partition coefficient (Wildman–Crippen LogP) is 5.13. The molecule has 0 atom stereocenters. The summed E-state index contributed by atoms with van der Waals surface area (Å²) in [4.78, 5) is 7.02. The smallest absolute Gasteiger partial charge is 0.130 e. The molecule has 2 aromatic carbocycles. The Bertz CT molecular complexity index is 959. The van der Waals surface area contributed by atoms with Crippen LogP contribution in [0.5, 0.6) is 5.75 Å². The summed E-state index contributed by atoms with van der Waals surface area (Å²) in [5.74, 6) is 1.85. The maximum absolute atomic E-state index is 6.02. The Kier molecular flexibility index (Phi) is 6.05. The number of hydrogen-bond acceptors (Lipinski definition) is 4. The highest BCUT2D eigenvalue weighted by molar-refractivity contribution is 5.41. The number of pyridine rings is 1. The van der Waals surface area contributed by atoms with Crippen LogP contribution < -0.4 is 9.64 Å². The first-order valence-electron chi connectivity index (χ1n) is 10.6. The highest BCUT2D eigenvalue weighted by Crippen LogP contribution is 2.32. The van der Waals surface area contributed by atoms with Crippen molar-refractivity contribution in [1.82, 2.24) is 4.98 Å². The Morgan fingerprint density at radius 1 is 0.900 bits per heavy atom. The fraction of sp³-hybridized carbons (Fsp3) is 0.346. The lowest BCUT2D eigenvalue weighted by Crippen LogP contribution is -2.36. The average Bonchev–Trinajstić information content (AvgIpc) is 2.79. The van der Waals surface area contributed by atoms with Gasteiger partial charge < -0.3 is 14.4 Å². The molecule has 1 aliphatic rings. The molecule has 0 unspecified atom stereocenters. The molecular weight excluding hydrogens is 372 g/mol. The van der Waals surface area contributed by atoms with Gasteiger partial charge in [-0.25, -0.2) is 4.98 Å². The topological polar surface area (TPSA) is 34.6 Å².